The molecule has 0 aliphatic heterocycles. The smallest absolute Gasteiger partial charge is 0.542 e. The summed E-state index contributed by atoms with van der Waals surface area (Å²) >= 11 is 0.970. The van der Waals surface area contributed by atoms with Gasteiger partial charge in [0.25, 0.3) is 0 Å². The van der Waals surface area contributed by atoms with E-state index in [2.05, 4.69) is 15.2 Å². The Morgan fingerprint density at radius 2 is 2.20 bits per heavy atom. The molecule has 0 radical (unpaired) electrons. The fourth-order valence-electron chi connectivity index (χ4n) is 0.912. The van der Waals surface area contributed by atoms with E-state index in [0.29, 0.717) is 5.01 Å². The zero-order valence-electron chi connectivity index (χ0n) is 7.88. The van der Waals surface area contributed by atoms with E-state index in [1.165, 1.54) is 0 Å². The second-order valence-corrected chi connectivity index (χ2v) is 3.42. The molecule has 0 aromatic carbocycles. The number of carboxylic acids is 1. The maximum Gasteiger partial charge on any atom is 1.00 e. The molecule has 0 atom stereocenters. The molecule has 0 N–H and O–H groups in total. The summed E-state index contributed by atoms with van der Waals surface area (Å²) in [7, 11) is 0. The number of carbonyl (C=O) groups excluding carboxylic acids is 1. The van der Waals surface area contributed by atoms with Crippen molar-refractivity contribution in [3.63, 3.8) is 0 Å². The molecule has 2 aromatic heterocycles. The van der Waals surface area contributed by atoms with Gasteiger partial charge in [-0.15, -0.1) is 10.2 Å². The standard InChI is InChI=1S/C8H5N3O2S.Na/c12-8(13)7-11-10-6(14-7)5-2-1-3-9-4-5;/h1-4H,(H,12,13);/q;+1/p-1. The van der Waals surface area contributed by atoms with Crippen molar-refractivity contribution in [1.82, 2.24) is 15.2 Å². The number of aromatic carboxylic acids is 1. The molecule has 5 nitrogen and oxygen atoms in total. The van der Waals surface area contributed by atoms with Crippen molar-refractivity contribution in [2.75, 3.05) is 0 Å². The second kappa shape index (κ2) is 5.32. The Hall–Kier alpha value is -0.820. The van der Waals surface area contributed by atoms with Crippen molar-refractivity contribution in [3.05, 3.63) is 29.5 Å². The van der Waals surface area contributed by atoms with Gasteiger partial charge in [-0.1, -0.05) is 11.3 Å². The van der Waals surface area contributed by atoms with Crippen LogP contribution in [0.4, 0.5) is 0 Å². The van der Waals surface area contributed by atoms with Crippen LogP contribution >= 0.6 is 11.3 Å². The van der Waals surface area contributed by atoms with Gasteiger partial charge in [0, 0.05) is 18.0 Å². The minimum absolute atomic E-state index is 0. The molecule has 0 unspecified atom stereocenters. The first-order valence-electron chi connectivity index (χ1n) is 3.72. The number of nitrogens with zero attached hydrogens (tertiary/aromatic N) is 3. The normalized spacial score (nSPS) is 9.33. The van der Waals surface area contributed by atoms with Gasteiger partial charge in [-0.2, -0.15) is 0 Å². The predicted octanol–water partition coefficient (Wildman–Crippen LogP) is -3.03. The van der Waals surface area contributed by atoms with Crippen molar-refractivity contribution < 1.29 is 39.5 Å². The summed E-state index contributed by atoms with van der Waals surface area (Å²) in [5.74, 6) is -1.31. The van der Waals surface area contributed by atoms with Crippen LogP contribution < -0.4 is 34.7 Å². The molecule has 0 amide bonds. The Bertz CT molecular complexity index is 460. The molecule has 0 bridgehead atoms. The number of rotatable bonds is 2. The summed E-state index contributed by atoms with van der Waals surface area (Å²) in [6, 6.07) is 3.53. The fourth-order valence-corrected chi connectivity index (χ4v) is 1.58. The van der Waals surface area contributed by atoms with Crippen LogP contribution in [0.15, 0.2) is 24.5 Å². The van der Waals surface area contributed by atoms with Crippen LogP contribution in [0.2, 0.25) is 0 Å². The SMILES string of the molecule is O=C([O-])c1nnc(-c2cccnc2)s1.[Na+]. The molecular weight excluding hydrogens is 225 g/mol. The molecule has 15 heavy (non-hydrogen) atoms. The first-order valence-corrected chi connectivity index (χ1v) is 4.54. The molecule has 0 aliphatic carbocycles. The van der Waals surface area contributed by atoms with Crippen LogP contribution in [0.3, 0.4) is 0 Å². The van der Waals surface area contributed by atoms with Crippen LogP contribution in [0.1, 0.15) is 9.80 Å². The van der Waals surface area contributed by atoms with Crippen molar-refractivity contribution >= 4 is 17.3 Å². The Morgan fingerprint density at radius 1 is 1.40 bits per heavy atom. The Balaban J connectivity index is 0.00000112. The molecule has 2 aromatic rings. The molecule has 70 valence electrons. The van der Waals surface area contributed by atoms with Crippen LogP contribution in [-0.2, 0) is 0 Å². The number of carboxylic acid groups (broad SMARTS) is 1. The molecule has 0 spiro atoms. The van der Waals surface area contributed by atoms with Gasteiger partial charge in [0.1, 0.15) is 11.0 Å². The van der Waals surface area contributed by atoms with Gasteiger partial charge in [0.15, 0.2) is 5.01 Å². The summed E-state index contributed by atoms with van der Waals surface area (Å²) in [5.41, 5.74) is 0.748. The summed E-state index contributed by atoms with van der Waals surface area (Å²) in [5, 5.41) is 18.0. The average Bonchev–Trinajstić information content (AvgIpc) is 2.68. The molecule has 2 rings (SSSR count). The van der Waals surface area contributed by atoms with Crippen molar-refractivity contribution in [1.29, 1.82) is 0 Å². The third-order valence-corrected chi connectivity index (χ3v) is 2.46. The molecule has 0 saturated heterocycles. The zero-order chi connectivity index (χ0) is 9.97. The van der Waals surface area contributed by atoms with E-state index in [1.807, 2.05) is 0 Å². The van der Waals surface area contributed by atoms with Gasteiger partial charge in [-0.05, 0) is 12.1 Å². The molecular formula is C8H4N3NaO2S. The first kappa shape index (κ1) is 12.3. The Morgan fingerprint density at radius 3 is 2.73 bits per heavy atom. The maximum absolute atomic E-state index is 10.4. The van der Waals surface area contributed by atoms with Crippen molar-refractivity contribution in [2.45, 2.75) is 0 Å². The minimum atomic E-state index is -1.31. The van der Waals surface area contributed by atoms with E-state index in [0.717, 1.165) is 16.9 Å². The minimum Gasteiger partial charge on any atom is -0.542 e. The van der Waals surface area contributed by atoms with E-state index in [1.54, 1.807) is 24.5 Å². The van der Waals surface area contributed by atoms with E-state index in [4.69, 9.17) is 0 Å². The average molecular weight is 229 g/mol. The van der Waals surface area contributed by atoms with Crippen LogP contribution in [0.5, 0.6) is 0 Å². The third kappa shape index (κ3) is 2.82. The van der Waals surface area contributed by atoms with Gasteiger partial charge < -0.3 is 9.90 Å². The number of aromatic nitrogens is 3. The van der Waals surface area contributed by atoms with Crippen LogP contribution in [0.25, 0.3) is 10.6 Å². The van der Waals surface area contributed by atoms with Crippen molar-refractivity contribution in [2.24, 2.45) is 0 Å². The van der Waals surface area contributed by atoms with Gasteiger partial charge in [-0.3, -0.25) is 4.98 Å². The van der Waals surface area contributed by atoms with E-state index in [9.17, 15) is 9.90 Å². The Labute approximate surface area is 111 Å². The van der Waals surface area contributed by atoms with E-state index < -0.39 is 5.97 Å². The molecule has 7 heteroatoms. The largest absolute Gasteiger partial charge is 1.00 e. The molecule has 0 saturated carbocycles. The topological polar surface area (TPSA) is 78.8 Å². The summed E-state index contributed by atoms with van der Waals surface area (Å²) in [4.78, 5) is 14.3. The van der Waals surface area contributed by atoms with Crippen molar-refractivity contribution in [3.8, 4) is 10.6 Å². The van der Waals surface area contributed by atoms with Crippen LogP contribution in [0, 0.1) is 0 Å². The van der Waals surface area contributed by atoms with Crippen LogP contribution in [-0.4, -0.2) is 21.2 Å². The number of hydrogen-bond donors (Lipinski definition) is 0. The quantitative estimate of drug-likeness (QED) is 0.512. The molecule has 2 heterocycles. The number of hydrogen-bond acceptors (Lipinski definition) is 6. The van der Waals surface area contributed by atoms with Gasteiger partial charge in [0.2, 0.25) is 0 Å². The van der Waals surface area contributed by atoms with E-state index >= 15 is 0 Å². The van der Waals surface area contributed by atoms with Gasteiger partial charge in [-0.25, -0.2) is 0 Å². The van der Waals surface area contributed by atoms with E-state index in [-0.39, 0.29) is 34.6 Å². The number of carbonyl (C=O) groups is 1. The summed E-state index contributed by atoms with van der Waals surface area (Å²) in [6.07, 6.45) is 3.23. The zero-order valence-corrected chi connectivity index (χ0v) is 10.7. The summed E-state index contributed by atoms with van der Waals surface area (Å²) < 4.78 is 0. The summed E-state index contributed by atoms with van der Waals surface area (Å²) in [6.45, 7) is 0. The van der Waals surface area contributed by atoms with Gasteiger partial charge >= 0.3 is 29.6 Å². The molecule has 0 aliphatic rings. The monoisotopic (exact) mass is 229 g/mol. The predicted molar refractivity (Wildman–Crippen MR) is 47.5 cm³/mol. The Kier molecular flexibility index (Phi) is 4.34. The first-order chi connectivity index (χ1) is 6.77. The maximum atomic E-state index is 10.4. The fraction of sp³-hybridized carbons (Fsp3) is 0. The number of pyridine rings is 1. The third-order valence-electron chi connectivity index (χ3n) is 1.51. The second-order valence-electron chi connectivity index (χ2n) is 2.44. The molecule has 0 fully saturated rings. The van der Waals surface area contributed by atoms with Gasteiger partial charge in [0.05, 0.1) is 0 Å².